The second kappa shape index (κ2) is 4.26. The van der Waals surface area contributed by atoms with Crippen molar-refractivity contribution < 1.29 is 9.90 Å². The van der Waals surface area contributed by atoms with E-state index in [0.29, 0.717) is 12.1 Å². The molecule has 6 nitrogen and oxygen atoms in total. The Morgan fingerprint density at radius 3 is 3.12 bits per heavy atom. The average molecular weight is 220 g/mol. The summed E-state index contributed by atoms with van der Waals surface area (Å²) in [6.45, 7) is 1.89. The highest BCUT2D eigenvalue weighted by molar-refractivity contribution is 5.66. The van der Waals surface area contributed by atoms with Gasteiger partial charge in [0.25, 0.3) is 0 Å². The van der Waals surface area contributed by atoms with Gasteiger partial charge < -0.3 is 5.11 Å². The van der Waals surface area contributed by atoms with Crippen LogP contribution < -0.4 is 0 Å². The zero-order chi connectivity index (χ0) is 11.5. The maximum Gasteiger partial charge on any atom is 0.303 e. The molecule has 1 unspecified atom stereocenters. The molecular weight excluding hydrogens is 208 g/mol. The molecule has 1 N–H and O–H groups in total. The van der Waals surface area contributed by atoms with E-state index in [9.17, 15) is 4.79 Å². The van der Waals surface area contributed by atoms with Crippen molar-refractivity contribution in [3.05, 3.63) is 24.4 Å². The standard InChI is InChI=1S/C10H12N4O2/c1-7(5-10(15)16)4-8-12-13-9-6-11-2-3-14(8)9/h2-3,6-7H,4-5H2,1H3,(H,15,16). The van der Waals surface area contributed by atoms with Gasteiger partial charge in [-0.25, -0.2) is 0 Å². The van der Waals surface area contributed by atoms with Crippen molar-refractivity contribution in [1.82, 2.24) is 19.6 Å². The van der Waals surface area contributed by atoms with Crippen molar-refractivity contribution in [2.45, 2.75) is 19.8 Å². The SMILES string of the molecule is CC(CC(=O)O)Cc1nnc2cnccn12. The van der Waals surface area contributed by atoms with Crippen LogP contribution in [0.15, 0.2) is 18.6 Å². The van der Waals surface area contributed by atoms with Gasteiger partial charge >= 0.3 is 5.97 Å². The minimum atomic E-state index is -0.789. The van der Waals surface area contributed by atoms with Crippen LogP contribution in [-0.4, -0.2) is 30.7 Å². The summed E-state index contributed by atoms with van der Waals surface area (Å²) in [5.41, 5.74) is 0.681. The van der Waals surface area contributed by atoms with E-state index in [0.717, 1.165) is 5.82 Å². The molecule has 0 saturated heterocycles. The summed E-state index contributed by atoms with van der Waals surface area (Å²) in [5, 5.41) is 16.6. The Labute approximate surface area is 92.0 Å². The second-order valence-corrected chi connectivity index (χ2v) is 3.83. The Kier molecular flexibility index (Phi) is 2.80. The van der Waals surface area contributed by atoms with Crippen molar-refractivity contribution in [3.63, 3.8) is 0 Å². The van der Waals surface area contributed by atoms with Gasteiger partial charge in [-0.3, -0.25) is 14.2 Å². The summed E-state index contributed by atoms with van der Waals surface area (Å²) in [6.07, 6.45) is 5.79. The van der Waals surface area contributed by atoms with Crippen LogP contribution >= 0.6 is 0 Å². The number of carboxylic acid groups (broad SMARTS) is 1. The number of hydrogen-bond donors (Lipinski definition) is 1. The van der Waals surface area contributed by atoms with Gasteiger partial charge in [-0.05, 0) is 5.92 Å². The lowest BCUT2D eigenvalue weighted by Crippen LogP contribution is -2.09. The van der Waals surface area contributed by atoms with Gasteiger partial charge in [0.15, 0.2) is 5.65 Å². The van der Waals surface area contributed by atoms with E-state index in [1.807, 2.05) is 11.3 Å². The molecule has 1 atom stereocenters. The van der Waals surface area contributed by atoms with E-state index >= 15 is 0 Å². The maximum atomic E-state index is 10.5. The lowest BCUT2D eigenvalue weighted by Gasteiger charge is -2.06. The van der Waals surface area contributed by atoms with Crippen molar-refractivity contribution in [2.24, 2.45) is 5.92 Å². The van der Waals surface area contributed by atoms with Gasteiger partial charge in [-0.15, -0.1) is 10.2 Å². The normalized spacial score (nSPS) is 12.8. The number of fused-ring (bicyclic) bond motifs is 1. The van der Waals surface area contributed by atoms with Gasteiger partial charge in [-0.2, -0.15) is 0 Å². The molecule has 0 spiro atoms. The maximum absolute atomic E-state index is 10.5. The Morgan fingerprint density at radius 2 is 2.38 bits per heavy atom. The van der Waals surface area contributed by atoms with Crippen LogP contribution in [0.2, 0.25) is 0 Å². The van der Waals surface area contributed by atoms with Gasteiger partial charge in [-0.1, -0.05) is 6.92 Å². The molecule has 84 valence electrons. The smallest absolute Gasteiger partial charge is 0.303 e. The van der Waals surface area contributed by atoms with Crippen LogP contribution in [0.25, 0.3) is 5.65 Å². The lowest BCUT2D eigenvalue weighted by atomic mass is 10.0. The third-order valence-electron chi connectivity index (χ3n) is 2.34. The zero-order valence-electron chi connectivity index (χ0n) is 8.87. The Morgan fingerprint density at radius 1 is 1.56 bits per heavy atom. The molecular formula is C10H12N4O2. The minimum Gasteiger partial charge on any atom is -0.481 e. The predicted molar refractivity (Wildman–Crippen MR) is 55.9 cm³/mol. The van der Waals surface area contributed by atoms with Crippen molar-refractivity contribution in [1.29, 1.82) is 0 Å². The number of carbonyl (C=O) groups is 1. The fourth-order valence-electron chi connectivity index (χ4n) is 1.62. The lowest BCUT2D eigenvalue weighted by molar-refractivity contribution is -0.137. The van der Waals surface area contributed by atoms with Crippen LogP contribution in [0.4, 0.5) is 0 Å². The highest BCUT2D eigenvalue weighted by Gasteiger charge is 2.12. The number of rotatable bonds is 4. The van der Waals surface area contributed by atoms with E-state index in [-0.39, 0.29) is 12.3 Å². The van der Waals surface area contributed by atoms with Crippen molar-refractivity contribution in [2.75, 3.05) is 0 Å². The van der Waals surface area contributed by atoms with Crippen LogP contribution in [0.1, 0.15) is 19.2 Å². The molecule has 0 aromatic carbocycles. The van der Waals surface area contributed by atoms with Crippen LogP contribution in [-0.2, 0) is 11.2 Å². The van der Waals surface area contributed by atoms with Gasteiger partial charge in [0.1, 0.15) is 5.82 Å². The fraction of sp³-hybridized carbons (Fsp3) is 0.400. The Bertz CT molecular complexity index is 508. The average Bonchev–Trinajstić information content (AvgIpc) is 2.61. The Balaban J connectivity index is 2.18. The summed E-state index contributed by atoms with van der Waals surface area (Å²) >= 11 is 0. The summed E-state index contributed by atoms with van der Waals surface area (Å²) in [6, 6.07) is 0. The number of carboxylic acids is 1. The second-order valence-electron chi connectivity index (χ2n) is 3.83. The monoisotopic (exact) mass is 220 g/mol. The van der Waals surface area contributed by atoms with E-state index in [2.05, 4.69) is 15.2 Å². The third-order valence-corrected chi connectivity index (χ3v) is 2.34. The quantitative estimate of drug-likeness (QED) is 0.823. The molecule has 2 aromatic rings. The van der Waals surface area contributed by atoms with Crippen molar-refractivity contribution >= 4 is 11.6 Å². The molecule has 0 aliphatic carbocycles. The van der Waals surface area contributed by atoms with Crippen molar-refractivity contribution in [3.8, 4) is 0 Å². The molecule has 0 amide bonds. The van der Waals surface area contributed by atoms with Gasteiger partial charge in [0, 0.05) is 25.2 Å². The first-order valence-corrected chi connectivity index (χ1v) is 5.02. The predicted octanol–water partition coefficient (Wildman–Crippen LogP) is 0.778. The summed E-state index contributed by atoms with van der Waals surface area (Å²) in [7, 11) is 0. The van der Waals surface area contributed by atoms with Crippen LogP contribution in [0.3, 0.4) is 0 Å². The first-order chi connectivity index (χ1) is 7.66. The van der Waals surface area contributed by atoms with Crippen LogP contribution in [0.5, 0.6) is 0 Å². The van der Waals surface area contributed by atoms with Gasteiger partial charge in [0.05, 0.1) is 6.20 Å². The number of hydrogen-bond acceptors (Lipinski definition) is 4. The molecule has 2 heterocycles. The van der Waals surface area contributed by atoms with E-state index in [4.69, 9.17) is 5.11 Å². The van der Waals surface area contributed by atoms with E-state index in [1.165, 1.54) is 0 Å². The molecule has 6 heteroatoms. The van der Waals surface area contributed by atoms with Gasteiger partial charge in [0.2, 0.25) is 0 Å². The number of aromatic nitrogens is 4. The summed E-state index contributed by atoms with van der Waals surface area (Å²) in [5.74, 6) is 0.0206. The number of aliphatic carboxylic acids is 1. The third kappa shape index (κ3) is 2.16. The highest BCUT2D eigenvalue weighted by atomic mass is 16.4. The molecule has 0 radical (unpaired) electrons. The molecule has 0 aliphatic rings. The first-order valence-electron chi connectivity index (χ1n) is 5.02. The highest BCUT2D eigenvalue weighted by Crippen LogP contribution is 2.11. The van der Waals surface area contributed by atoms with E-state index < -0.39 is 5.97 Å². The molecule has 16 heavy (non-hydrogen) atoms. The molecule has 2 aromatic heterocycles. The first kappa shape index (κ1) is 10.5. The minimum absolute atomic E-state index is 0.0399. The molecule has 0 bridgehead atoms. The number of nitrogens with zero attached hydrogens (tertiary/aromatic N) is 4. The molecule has 0 saturated carbocycles. The fourth-order valence-corrected chi connectivity index (χ4v) is 1.62. The summed E-state index contributed by atoms with van der Waals surface area (Å²) in [4.78, 5) is 14.5. The molecule has 0 aliphatic heterocycles. The zero-order valence-corrected chi connectivity index (χ0v) is 8.87. The molecule has 0 fully saturated rings. The van der Waals surface area contributed by atoms with E-state index in [1.54, 1.807) is 18.6 Å². The Hall–Kier alpha value is -1.98. The topological polar surface area (TPSA) is 80.4 Å². The summed E-state index contributed by atoms with van der Waals surface area (Å²) < 4.78 is 1.82. The largest absolute Gasteiger partial charge is 0.481 e. The van der Waals surface area contributed by atoms with Crippen LogP contribution in [0, 0.1) is 5.92 Å². The molecule has 2 rings (SSSR count).